The summed E-state index contributed by atoms with van der Waals surface area (Å²) in [7, 11) is 0. The minimum Gasteiger partial charge on any atom is -0.491 e. The van der Waals surface area contributed by atoms with Crippen LogP contribution in [0.15, 0.2) is 42.5 Å². The first kappa shape index (κ1) is 15.9. The van der Waals surface area contributed by atoms with Gasteiger partial charge in [0.05, 0.1) is 6.10 Å². The number of ether oxygens (including phenoxy) is 1. The highest BCUT2D eigenvalue weighted by Crippen LogP contribution is 2.28. The van der Waals surface area contributed by atoms with E-state index in [4.69, 9.17) is 16.3 Å². The summed E-state index contributed by atoms with van der Waals surface area (Å²) in [4.78, 5) is 0. The van der Waals surface area contributed by atoms with Crippen LogP contribution in [-0.4, -0.2) is 12.6 Å². The molecule has 0 saturated carbocycles. The van der Waals surface area contributed by atoms with E-state index in [0.29, 0.717) is 0 Å². The van der Waals surface area contributed by atoms with Gasteiger partial charge in [-0.2, -0.15) is 0 Å². The fourth-order valence-electron chi connectivity index (χ4n) is 2.17. The topological polar surface area (TPSA) is 21.3 Å². The van der Waals surface area contributed by atoms with Gasteiger partial charge in [-0.15, -0.1) is 0 Å². The Bertz CT molecular complexity index is 596. The summed E-state index contributed by atoms with van der Waals surface area (Å²) in [5, 5.41) is 4.11. The first-order chi connectivity index (χ1) is 10.1. The smallest absolute Gasteiger partial charge is 0.120 e. The van der Waals surface area contributed by atoms with E-state index in [1.807, 2.05) is 38.1 Å². The van der Waals surface area contributed by atoms with E-state index in [0.717, 1.165) is 40.6 Å². The zero-order chi connectivity index (χ0) is 15.2. The van der Waals surface area contributed by atoms with Crippen LogP contribution in [0.4, 0.5) is 0 Å². The van der Waals surface area contributed by atoms with Crippen LogP contribution < -0.4 is 10.1 Å². The third-order valence-electron chi connectivity index (χ3n) is 3.15. The highest BCUT2D eigenvalue weighted by Gasteiger charge is 2.05. The van der Waals surface area contributed by atoms with Crippen LogP contribution >= 0.6 is 11.6 Å². The lowest BCUT2D eigenvalue weighted by Crippen LogP contribution is -2.12. The van der Waals surface area contributed by atoms with Crippen LogP contribution in [0.2, 0.25) is 5.02 Å². The van der Waals surface area contributed by atoms with Crippen molar-refractivity contribution in [3.63, 3.8) is 0 Å². The van der Waals surface area contributed by atoms with Gasteiger partial charge in [-0.25, -0.2) is 0 Å². The van der Waals surface area contributed by atoms with Crippen molar-refractivity contribution in [2.24, 2.45) is 0 Å². The largest absolute Gasteiger partial charge is 0.491 e. The van der Waals surface area contributed by atoms with Gasteiger partial charge in [-0.1, -0.05) is 36.7 Å². The van der Waals surface area contributed by atoms with Crippen molar-refractivity contribution < 1.29 is 4.74 Å². The normalized spacial score (nSPS) is 10.9. The quantitative estimate of drug-likeness (QED) is 0.819. The zero-order valence-electron chi connectivity index (χ0n) is 12.8. The molecule has 1 N–H and O–H groups in total. The number of hydrogen-bond donors (Lipinski definition) is 1. The molecular weight excluding hydrogens is 282 g/mol. The van der Waals surface area contributed by atoms with Crippen molar-refractivity contribution in [2.75, 3.05) is 6.54 Å². The Hall–Kier alpha value is -1.51. The lowest BCUT2D eigenvalue weighted by Gasteiger charge is -2.12. The molecule has 0 saturated heterocycles. The third-order valence-corrected chi connectivity index (χ3v) is 3.52. The predicted molar refractivity (Wildman–Crippen MR) is 90.0 cm³/mol. The van der Waals surface area contributed by atoms with E-state index >= 15 is 0 Å². The standard InChI is InChI=1S/C18H22ClNO/c1-4-20-12-16-10-15(8-9-18(16)19)14-6-5-7-17(11-14)21-13(2)3/h5-11,13,20H,4,12H2,1-3H3. The Morgan fingerprint density at radius 1 is 1.10 bits per heavy atom. The molecule has 0 amide bonds. The van der Waals surface area contributed by atoms with Gasteiger partial charge >= 0.3 is 0 Å². The van der Waals surface area contributed by atoms with E-state index in [1.165, 1.54) is 0 Å². The molecule has 21 heavy (non-hydrogen) atoms. The van der Waals surface area contributed by atoms with Crippen molar-refractivity contribution in [3.8, 4) is 16.9 Å². The highest BCUT2D eigenvalue weighted by atomic mass is 35.5. The monoisotopic (exact) mass is 303 g/mol. The fraction of sp³-hybridized carbons (Fsp3) is 0.333. The first-order valence-corrected chi connectivity index (χ1v) is 7.74. The minimum absolute atomic E-state index is 0.176. The maximum atomic E-state index is 6.25. The van der Waals surface area contributed by atoms with Gasteiger partial charge in [0.15, 0.2) is 0 Å². The van der Waals surface area contributed by atoms with Gasteiger partial charge in [-0.3, -0.25) is 0 Å². The van der Waals surface area contributed by atoms with E-state index in [-0.39, 0.29) is 6.10 Å². The predicted octanol–water partition coefficient (Wildman–Crippen LogP) is 4.90. The summed E-state index contributed by atoms with van der Waals surface area (Å²) in [6, 6.07) is 14.3. The molecule has 2 rings (SSSR count). The molecule has 0 aliphatic heterocycles. The average Bonchev–Trinajstić information content (AvgIpc) is 2.46. The van der Waals surface area contributed by atoms with Gasteiger partial charge in [0.2, 0.25) is 0 Å². The van der Waals surface area contributed by atoms with Crippen LogP contribution in [0, 0.1) is 0 Å². The van der Waals surface area contributed by atoms with E-state index < -0.39 is 0 Å². The maximum absolute atomic E-state index is 6.25. The Labute approximate surface area is 132 Å². The van der Waals surface area contributed by atoms with Gasteiger partial charge < -0.3 is 10.1 Å². The van der Waals surface area contributed by atoms with Gasteiger partial charge in [0.25, 0.3) is 0 Å². The number of benzene rings is 2. The summed E-state index contributed by atoms with van der Waals surface area (Å²) in [6.07, 6.45) is 0.176. The molecule has 0 aromatic heterocycles. The molecule has 112 valence electrons. The van der Waals surface area contributed by atoms with Crippen LogP contribution in [0.25, 0.3) is 11.1 Å². The van der Waals surface area contributed by atoms with Crippen molar-refractivity contribution >= 4 is 11.6 Å². The molecule has 2 aromatic carbocycles. The molecule has 2 aromatic rings. The van der Waals surface area contributed by atoms with Crippen LogP contribution in [0.5, 0.6) is 5.75 Å². The molecule has 0 atom stereocenters. The Balaban J connectivity index is 2.28. The highest BCUT2D eigenvalue weighted by molar-refractivity contribution is 6.31. The van der Waals surface area contributed by atoms with Gasteiger partial charge in [0, 0.05) is 11.6 Å². The molecule has 0 aliphatic rings. The van der Waals surface area contributed by atoms with E-state index in [2.05, 4.69) is 30.4 Å². The lowest BCUT2D eigenvalue weighted by atomic mass is 10.0. The second-order valence-electron chi connectivity index (χ2n) is 5.28. The number of halogens is 1. The number of nitrogens with one attached hydrogen (secondary N) is 1. The molecule has 0 spiro atoms. The summed E-state index contributed by atoms with van der Waals surface area (Å²) >= 11 is 6.25. The Morgan fingerprint density at radius 2 is 1.86 bits per heavy atom. The van der Waals surface area contributed by atoms with E-state index in [9.17, 15) is 0 Å². The number of hydrogen-bond acceptors (Lipinski definition) is 2. The molecular formula is C18H22ClNO. The Kier molecular flexibility index (Phi) is 5.66. The molecule has 0 bridgehead atoms. The van der Waals surface area contributed by atoms with Crippen LogP contribution in [0.3, 0.4) is 0 Å². The minimum atomic E-state index is 0.176. The molecule has 0 radical (unpaired) electrons. The molecule has 0 fully saturated rings. The Morgan fingerprint density at radius 3 is 2.57 bits per heavy atom. The molecule has 3 heteroatoms. The van der Waals surface area contributed by atoms with Gasteiger partial charge in [-0.05, 0) is 61.3 Å². The maximum Gasteiger partial charge on any atom is 0.120 e. The van der Waals surface area contributed by atoms with Crippen LogP contribution in [-0.2, 0) is 6.54 Å². The summed E-state index contributed by atoms with van der Waals surface area (Å²) < 4.78 is 5.76. The summed E-state index contributed by atoms with van der Waals surface area (Å²) in [5.41, 5.74) is 3.41. The fourth-order valence-corrected chi connectivity index (χ4v) is 2.35. The van der Waals surface area contributed by atoms with Crippen molar-refractivity contribution in [1.82, 2.24) is 5.32 Å². The van der Waals surface area contributed by atoms with E-state index in [1.54, 1.807) is 0 Å². The van der Waals surface area contributed by atoms with Crippen molar-refractivity contribution in [3.05, 3.63) is 53.1 Å². The summed E-state index contributed by atoms with van der Waals surface area (Å²) in [6.45, 7) is 7.86. The molecule has 0 unspecified atom stereocenters. The zero-order valence-corrected chi connectivity index (χ0v) is 13.6. The SMILES string of the molecule is CCNCc1cc(-c2cccc(OC(C)C)c2)ccc1Cl. The lowest BCUT2D eigenvalue weighted by molar-refractivity contribution is 0.242. The summed E-state index contributed by atoms with van der Waals surface area (Å²) in [5.74, 6) is 0.894. The van der Waals surface area contributed by atoms with Crippen molar-refractivity contribution in [2.45, 2.75) is 33.4 Å². The molecule has 0 heterocycles. The second-order valence-corrected chi connectivity index (χ2v) is 5.69. The molecule has 2 nitrogen and oxygen atoms in total. The third kappa shape index (κ3) is 4.48. The van der Waals surface area contributed by atoms with Crippen LogP contribution in [0.1, 0.15) is 26.3 Å². The molecule has 0 aliphatic carbocycles. The van der Waals surface area contributed by atoms with Gasteiger partial charge in [0.1, 0.15) is 5.75 Å². The first-order valence-electron chi connectivity index (χ1n) is 7.36. The van der Waals surface area contributed by atoms with Crippen molar-refractivity contribution in [1.29, 1.82) is 0 Å². The average molecular weight is 304 g/mol. The second kappa shape index (κ2) is 7.48. The number of rotatable bonds is 6.